The highest BCUT2D eigenvalue weighted by Crippen LogP contribution is 2.17. The first-order chi connectivity index (χ1) is 9.10. The van der Waals surface area contributed by atoms with Gasteiger partial charge in [-0.15, -0.1) is 0 Å². The molecule has 0 heterocycles. The van der Waals surface area contributed by atoms with Gasteiger partial charge < -0.3 is 5.73 Å². The van der Waals surface area contributed by atoms with Crippen LogP contribution in [0, 0.1) is 11.6 Å². The van der Waals surface area contributed by atoms with E-state index < -0.39 is 10.8 Å². The van der Waals surface area contributed by atoms with Gasteiger partial charge >= 0.3 is 0 Å². The van der Waals surface area contributed by atoms with Crippen LogP contribution in [-0.4, -0.2) is 4.21 Å². The van der Waals surface area contributed by atoms with Crippen LogP contribution in [0.3, 0.4) is 0 Å². The van der Waals surface area contributed by atoms with E-state index in [4.69, 9.17) is 5.73 Å². The van der Waals surface area contributed by atoms with Crippen LogP contribution < -0.4 is 5.73 Å². The van der Waals surface area contributed by atoms with Gasteiger partial charge in [0.1, 0.15) is 11.6 Å². The van der Waals surface area contributed by atoms with Crippen molar-refractivity contribution in [2.24, 2.45) is 5.73 Å². The van der Waals surface area contributed by atoms with Crippen molar-refractivity contribution in [3.63, 3.8) is 0 Å². The average Bonchev–Trinajstić information content (AvgIpc) is 2.39. The van der Waals surface area contributed by atoms with E-state index in [9.17, 15) is 13.0 Å². The Labute approximate surface area is 112 Å². The summed E-state index contributed by atoms with van der Waals surface area (Å²) in [7, 11) is -1.35. The van der Waals surface area contributed by atoms with E-state index in [0.717, 1.165) is 5.56 Å². The molecular formula is C14H13F2NOS. The van der Waals surface area contributed by atoms with E-state index in [2.05, 4.69) is 0 Å². The molecule has 0 saturated carbocycles. The minimum Gasteiger partial charge on any atom is -0.326 e. The molecule has 2 rings (SSSR count). The van der Waals surface area contributed by atoms with Crippen LogP contribution in [0.15, 0.2) is 47.4 Å². The SMILES string of the molecule is NCc1ccc(F)cc1CS(=O)c1ccc(F)cc1. The molecule has 2 nitrogen and oxygen atoms in total. The normalized spacial score (nSPS) is 12.4. The van der Waals surface area contributed by atoms with Gasteiger partial charge in [0.25, 0.3) is 0 Å². The topological polar surface area (TPSA) is 43.1 Å². The van der Waals surface area contributed by atoms with Crippen molar-refractivity contribution >= 4 is 10.8 Å². The third-order valence-corrected chi connectivity index (χ3v) is 4.12. The molecule has 0 aliphatic carbocycles. The predicted octanol–water partition coefficient (Wildman–Crippen LogP) is 2.73. The van der Waals surface area contributed by atoms with E-state index in [1.165, 1.54) is 36.4 Å². The highest BCUT2D eigenvalue weighted by atomic mass is 32.2. The molecule has 1 atom stereocenters. The van der Waals surface area contributed by atoms with Crippen LogP contribution in [0.5, 0.6) is 0 Å². The number of benzene rings is 2. The summed E-state index contributed by atoms with van der Waals surface area (Å²) in [5.74, 6) is -0.604. The number of halogens is 2. The van der Waals surface area contributed by atoms with Gasteiger partial charge in [0.2, 0.25) is 0 Å². The minimum absolute atomic E-state index is 0.163. The predicted molar refractivity (Wildman–Crippen MR) is 70.8 cm³/mol. The highest BCUT2D eigenvalue weighted by molar-refractivity contribution is 7.84. The first-order valence-corrected chi connectivity index (χ1v) is 7.03. The largest absolute Gasteiger partial charge is 0.326 e. The number of rotatable bonds is 4. The second-order valence-electron chi connectivity index (χ2n) is 4.06. The van der Waals surface area contributed by atoms with E-state index in [1.54, 1.807) is 6.07 Å². The Kier molecular flexibility index (Phi) is 4.39. The zero-order valence-corrected chi connectivity index (χ0v) is 10.9. The quantitative estimate of drug-likeness (QED) is 0.936. The molecule has 0 saturated heterocycles. The Hall–Kier alpha value is -1.59. The molecule has 19 heavy (non-hydrogen) atoms. The molecule has 0 spiro atoms. The van der Waals surface area contributed by atoms with Crippen molar-refractivity contribution in [3.05, 3.63) is 65.2 Å². The summed E-state index contributed by atoms with van der Waals surface area (Å²) in [6.45, 7) is 0.260. The average molecular weight is 281 g/mol. The lowest BCUT2D eigenvalue weighted by Gasteiger charge is -2.08. The van der Waals surface area contributed by atoms with Gasteiger partial charge in [-0.25, -0.2) is 8.78 Å². The fourth-order valence-electron chi connectivity index (χ4n) is 1.74. The van der Waals surface area contributed by atoms with Crippen LogP contribution >= 0.6 is 0 Å². The maximum Gasteiger partial charge on any atom is 0.123 e. The summed E-state index contributed by atoms with van der Waals surface area (Å²) >= 11 is 0. The summed E-state index contributed by atoms with van der Waals surface area (Å²) in [6, 6.07) is 9.69. The molecule has 0 radical (unpaired) electrons. The second kappa shape index (κ2) is 6.04. The fourth-order valence-corrected chi connectivity index (χ4v) is 2.90. The summed E-state index contributed by atoms with van der Waals surface area (Å²) < 4.78 is 38.1. The van der Waals surface area contributed by atoms with Crippen molar-refractivity contribution in [1.29, 1.82) is 0 Å². The molecule has 100 valence electrons. The standard InChI is InChI=1S/C14H13F2NOS/c15-12-3-5-14(6-4-12)19(18)9-11-7-13(16)2-1-10(11)8-17/h1-7H,8-9,17H2. The molecule has 2 aromatic carbocycles. The minimum atomic E-state index is -1.35. The molecule has 2 N–H and O–H groups in total. The van der Waals surface area contributed by atoms with Crippen molar-refractivity contribution in [2.75, 3.05) is 0 Å². The van der Waals surface area contributed by atoms with Crippen LogP contribution in [0.2, 0.25) is 0 Å². The monoisotopic (exact) mass is 281 g/mol. The molecule has 0 aliphatic heterocycles. The lowest BCUT2D eigenvalue weighted by Crippen LogP contribution is -2.05. The van der Waals surface area contributed by atoms with Crippen LogP contribution in [0.25, 0.3) is 0 Å². The third kappa shape index (κ3) is 3.45. The molecule has 0 fully saturated rings. The van der Waals surface area contributed by atoms with Gasteiger partial charge in [-0.05, 0) is 47.5 Å². The Balaban J connectivity index is 2.23. The lowest BCUT2D eigenvalue weighted by molar-refractivity contribution is 0.625. The van der Waals surface area contributed by atoms with E-state index in [1.807, 2.05) is 0 Å². The number of hydrogen-bond donors (Lipinski definition) is 1. The van der Waals surface area contributed by atoms with Crippen LogP contribution in [0.1, 0.15) is 11.1 Å². The Morgan fingerprint density at radius 3 is 2.21 bits per heavy atom. The molecule has 5 heteroatoms. The smallest absolute Gasteiger partial charge is 0.123 e. The van der Waals surface area contributed by atoms with Gasteiger partial charge in [-0.1, -0.05) is 6.07 Å². The van der Waals surface area contributed by atoms with Gasteiger partial charge in [0.15, 0.2) is 0 Å². The van der Waals surface area contributed by atoms with E-state index in [0.29, 0.717) is 10.5 Å². The summed E-state index contributed by atoms with van der Waals surface area (Å²) in [5, 5.41) is 0. The van der Waals surface area contributed by atoms with Crippen molar-refractivity contribution in [1.82, 2.24) is 0 Å². The Bertz CT molecular complexity index is 599. The highest BCUT2D eigenvalue weighted by Gasteiger charge is 2.09. The zero-order valence-electron chi connectivity index (χ0n) is 10.1. The van der Waals surface area contributed by atoms with E-state index in [-0.39, 0.29) is 23.9 Å². The maximum atomic E-state index is 13.2. The fraction of sp³-hybridized carbons (Fsp3) is 0.143. The van der Waals surface area contributed by atoms with Crippen LogP contribution in [0.4, 0.5) is 8.78 Å². The van der Waals surface area contributed by atoms with Gasteiger partial charge in [0.05, 0.1) is 16.6 Å². The summed E-state index contributed by atoms with van der Waals surface area (Å²) in [4.78, 5) is 0.508. The number of nitrogens with two attached hydrogens (primary N) is 1. The Morgan fingerprint density at radius 1 is 0.947 bits per heavy atom. The zero-order chi connectivity index (χ0) is 13.8. The van der Waals surface area contributed by atoms with Gasteiger partial charge in [-0.3, -0.25) is 4.21 Å². The van der Waals surface area contributed by atoms with E-state index >= 15 is 0 Å². The van der Waals surface area contributed by atoms with Crippen molar-refractivity contribution < 1.29 is 13.0 Å². The first kappa shape index (κ1) is 13.8. The lowest BCUT2D eigenvalue weighted by atomic mass is 10.1. The summed E-state index contributed by atoms with van der Waals surface area (Å²) in [6.07, 6.45) is 0. The molecule has 0 bridgehead atoms. The van der Waals surface area contributed by atoms with Crippen molar-refractivity contribution in [2.45, 2.75) is 17.2 Å². The molecular weight excluding hydrogens is 268 g/mol. The summed E-state index contributed by atoms with van der Waals surface area (Å²) in [5.41, 5.74) is 6.94. The number of hydrogen-bond acceptors (Lipinski definition) is 2. The van der Waals surface area contributed by atoms with Crippen molar-refractivity contribution in [3.8, 4) is 0 Å². The van der Waals surface area contributed by atoms with Gasteiger partial charge in [-0.2, -0.15) is 0 Å². The molecule has 0 amide bonds. The third-order valence-electron chi connectivity index (χ3n) is 2.75. The molecule has 2 aromatic rings. The molecule has 1 unspecified atom stereocenters. The first-order valence-electron chi connectivity index (χ1n) is 5.71. The van der Waals surface area contributed by atoms with Gasteiger partial charge in [0, 0.05) is 11.4 Å². The van der Waals surface area contributed by atoms with Crippen LogP contribution in [-0.2, 0) is 23.1 Å². The molecule has 0 aromatic heterocycles. The second-order valence-corrected chi connectivity index (χ2v) is 5.51. The Morgan fingerprint density at radius 2 is 1.58 bits per heavy atom. The maximum absolute atomic E-state index is 13.2. The molecule has 0 aliphatic rings.